The highest BCUT2D eigenvalue weighted by Crippen LogP contribution is 2.25. The molecule has 15 heavy (non-hydrogen) atoms. The maximum Gasteiger partial charge on any atom is 0.328 e. The van der Waals surface area contributed by atoms with E-state index in [0.29, 0.717) is 0 Å². The molecule has 76 valence electrons. The zero-order valence-corrected chi connectivity index (χ0v) is 8.91. The molecule has 2 aromatic rings. The third-order valence-electron chi connectivity index (χ3n) is 1.96. The van der Waals surface area contributed by atoms with Crippen molar-refractivity contribution in [2.45, 2.75) is 6.92 Å². The number of carboxylic acids is 1. The van der Waals surface area contributed by atoms with Crippen molar-refractivity contribution in [2.75, 3.05) is 0 Å². The van der Waals surface area contributed by atoms with Crippen LogP contribution in [0.5, 0.6) is 0 Å². The van der Waals surface area contributed by atoms with Crippen molar-refractivity contribution >= 4 is 33.6 Å². The van der Waals surface area contributed by atoms with Gasteiger partial charge in [0.15, 0.2) is 0 Å². The second kappa shape index (κ2) is 3.82. The zero-order chi connectivity index (χ0) is 10.8. The van der Waals surface area contributed by atoms with Gasteiger partial charge < -0.3 is 5.11 Å². The molecule has 0 bridgehead atoms. The van der Waals surface area contributed by atoms with E-state index in [1.807, 2.05) is 25.1 Å². The van der Waals surface area contributed by atoms with Crippen molar-refractivity contribution in [3.8, 4) is 0 Å². The van der Waals surface area contributed by atoms with Crippen LogP contribution in [0.4, 0.5) is 0 Å². The van der Waals surface area contributed by atoms with Crippen LogP contribution in [0.1, 0.15) is 10.6 Å². The molecule has 0 amide bonds. The van der Waals surface area contributed by atoms with Crippen LogP contribution in [-0.2, 0) is 4.79 Å². The number of nitrogens with zero attached hydrogens (tertiary/aromatic N) is 1. The highest BCUT2D eigenvalue weighted by molar-refractivity contribution is 7.18. The van der Waals surface area contributed by atoms with Gasteiger partial charge in [0.1, 0.15) is 0 Å². The first-order valence-corrected chi connectivity index (χ1v) is 5.25. The summed E-state index contributed by atoms with van der Waals surface area (Å²) in [5.41, 5.74) is 1.82. The summed E-state index contributed by atoms with van der Waals surface area (Å²) in [5, 5.41) is 9.54. The lowest BCUT2D eigenvalue weighted by Gasteiger charge is -1.93. The van der Waals surface area contributed by atoms with Gasteiger partial charge in [0, 0.05) is 6.08 Å². The van der Waals surface area contributed by atoms with E-state index >= 15 is 0 Å². The van der Waals surface area contributed by atoms with Crippen molar-refractivity contribution < 1.29 is 9.90 Å². The smallest absolute Gasteiger partial charge is 0.328 e. The lowest BCUT2D eigenvalue weighted by Crippen LogP contribution is -1.85. The van der Waals surface area contributed by atoms with Gasteiger partial charge in [-0.2, -0.15) is 0 Å². The Labute approximate surface area is 90.7 Å². The van der Waals surface area contributed by atoms with Crippen LogP contribution >= 0.6 is 11.3 Å². The summed E-state index contributed by atoms with van der Waals surface area (Å²) < 4.78 is 1.03. The van der Waals surface area contributed by atoms with Crippen molar-refractivity contribution in [1.29, 1.82) is 0 Å². The van der Waals surface area contributed by atoms with Gasteiger partial charge in [0.05, 0.1) is 15.2 Å². The maximum absolute atomic E-state index is 10.4. The minimum Gasteiger partial charge on any atom is -0.478 e. The normalized spacial score (nSPS) is 11.3. The van der Waals surface area contributed by atoms with Crippen LogP contribution in [-0.4, -0.2) is 16.1 Å². The Morgan fingerprint density at radius 2 is 2.33 bits per heavy atom. The van der Waals surface area contributed by atoms with Crippen LogP contribution in [0.2, 0.25) is 0 Å². The predicted octanol–water partition coefficient (Wildman–Crippen LogP) is 2.70. The summed E-state index contributed by atoms with van der Waals surface area (Å²) in [6.45, 7) is 1.94. The Morgan fingerprint density at radius 1 is 1.53 bits per heavy atom. The topological polar surface area (TPSA) is 50.2 Å². The Bertz CT molecular complexity index is 543. The number of carboxylic acid groups (broad SMARTS) is 1. The SMILES string of the molecule is Cc1nc2cccc(/C=C/C(=O)O)c2s1. The molecular weight excluding hydrogens is 210 g/mol. The maximum atomic E-state index is 10.4. The summed E-state index contributed by atoms with van der Waals surface area (Å²) in [5.74, 6) is -0.937. The summed E-state index contributed by atoms with van der Waals surface area (Å²) in [6, 6.07) is 5.69. The molecule has 0 unspecified atom stereocenters. The lowest BCUT2D eigenvalue weighted by atomic mass is 10.2. The van der Waals surface area contributed by atoms with Crippen LogP contribution in [0.25, 0.3) is 16.3 Å². The minimum absolute atomic E-state index is 0.903. The molecule has 0 radical (unpaired) electrons. The number of benzene rings is 1. The number of carbonyl (C=O) groups is 1. The third kappa shape index (κ3) is 2.05. The van der Waals surface area contributed by atoms with Gasteiger partial charge in [-0.1, -0.05) is 12.1 Å². The second-order valence-corrected chi connectivity index (χ2v) is 4.30. The fraction of sp³-hybridized carbons (Fsp3) is 0.0909. The molecule has 0 aliphatic rings. The molecule has 1 heterocycles. The number of fused-ring (bicyclic) bond motifs is 1. The number of aliphatic carboxylic acids is 1. The zero-order valence-electron chi connectivity index (χ0n) is 8.10. The molecule has 0 spiro atoms. The van der Waals surface area contributed by atoms with E-state index in [0.717, 1.165) is 26.9 Å². The Morgan fingerprint density at radius 3 is 3.07 bits per heavy atom. The van der Waals surface area contributed by atoms with Crippen molar-refractivity contribution in [3.05, 3.63) is 34.8 Å². The summed E-state index contributed by atoms with van der Waals surface area (Å²) >= 11 is 1.58. The molecule has 3 nitrogen and oxygen atoms in total. The second-order valence-electron chi connectivity index (χ2n) is 3.10. The van der Waals surface area contributed by atoms with Gasteiger partial charge in [-0.05, 0) is 24.6 Å². The average molecular weight is 219 g/mol. The largest absolute Gasteiger partial charge is 0.478 e. The van der Waals surface area contributed by atoms with Gasteiger partial charge >= 0.3 is 5.97 Å². The van der Waals surface area contributed by atoms with Gasteiger partial charge in [-0.25, -0.2) is 9.78 Å². The Kier molecular flexibility index (Phi) is 2.51. The molecule has 0 atom stereocenters. The van der Waals surface area contributed by atoms with E-state index in [2.05, 4.69) is 4.98 Å². The highest BCUT2D eigenvalue weighted by atomic mass is 32.1. The van der Waals surface area contributed by atoms with Crippen molar-refractivity contribution in [3.63, 3.8) is 0 Å². The number of hydrogen-bond acceptors (Lipinski definition) is 3. The number of thiazole rings is 1. The van der Waals surface area contributed by atoms with Gasteiger partial charge in [-0.3, -0.25) is 0 Å². The predicted molar refractivity (Wildman–Crippen MR) is 61.0 cm³/mol. The molecule has 0 saturated carbocycles. The molecule has 4 heteroatoms. The van der Waals surface area contributed by atoms with Crippen LogP contribution in [0.15, 0.2) is 24.3 Å². The Hall–Kier alpha value is -1.68. The summed E-state index contributed by atoms with van der Waals surface area (Å²) in [6.07, 6.45) is 2.74. The number of rotatable bonds is 2. The number of aryl methyl sites for hydroxylation is 1. The van der Waals surface area contributed by atoms with E-state index < -0.39 is 5.97 Å². The van der Waals surface area contributed by atoms with Crippen LogP contribution < -0.4 is 0 Å². The number of hydrogen-bond donors (Lipinski definition) is 1. The molecule has 0 aliphatic heterocycles. The fourth-order valence-corrected chi connectivity index (χ4v) is 2.29. The van der Waals surface area contributed by atoms with E-state index in [-0.39, 0.29) is 0 Å². The molecule has 0 aliphatic carbocycles. The van der Waals surface area contributed by atoms with Crippen LogP contribution in [0.3, 0.4) is 0 Å². The Balaban J connectivity index is 2.55. The average Bonchev–Trinajstić information content (AvgIpc) is 2.55. The van der Waals surface area contributed by atoms with Gasteiger partial charge in [0.25, 0.3) is 0 Å². The molecular formula is C11H9NO2S. The third-order valence-corrected chi connectivity index (χ3v) is 2.99. The molecule has 1 aromatic heterocycles. The standard InChI is InChI=1S/C11H9NO2S/c1-7-12-9-4-2-3-8(11(9)15-7)5-6-10(13)14/h2-6H,1H3,(H,13,14)/b6-5+. The summed E-state index contributed by atoms with van der Waals surface area (Å²) in [4.78, 5) is 14.8. The molecule has 0 saturated heterocycles. The number of aromatic nitrogens is 1. The molecule has 0 fully saturated rings. The van der Waals surface area contributed by atoms with Crippen molar-refractivity contribution in [2.24, 2.45) is 0 Å². The molecule has 1 N–H and O–H groups in total. The van der Waals surface area contributed by atoms with Crippen molar-refractivity contribution in [1.82, 2.24) is 4.98 Å². The monoisotopic (exact) mass is 219 g/mol. The first kappa shape index (κ1) is 9.86. The fourth-order valence-electron chi connectivity index (χ4n) is 1.37. The van der Waals surface area contributed by atoms with Crippen LogP contribution in [0, 0.1) is 6.92 Å². The van der Waals surface area contributed by atoms with Gasteiger partial charge in [-0.15, -0.1) is 11.3 Å². The highest BCUT2D eigenvalue weighted by Gasteiger charge is 2.03. The first-order valence-electron chi connectivity index (χ1n) is 4.44. The van der Waals surface area contributed by atoms with E-state index in [9.17, 15) is 4.79 Å². The first-order chi connectivity index (χ1) is 7.16. The van der Waals surface area contributed by atoms with E-state index in [4.69, 9.17) is 5.11 Å². The quantitative estimate of drug-likeness (QED) is 0.790. The van der Waals surface area contributed by atoms with E-state index in [1.165, 1.54) is 0 Å². The van der Waals surface area contributed by atoms with Gasteiger partial charge in [0.2, 0.25) is 0 Å². The lowest BCUT2D eigenvalue weighted by molar-refractivity contribution is -0.131. The minimum atomic E-state index is -0.937. The van der Waals surface area contributed by atoms with E-state index in [1.54, 1.807) is 17.4 Å². The summed E-state index contributed by atoms with van der Waals surface area (Å²) in [7, 11) is 0. The molecule has 1 aromatic carbocycles. The molecule has 2 rings (SSSR count).